The van der Waals surface area contributed by atoms with Gasteiger partial charge in [0.25, 0.3) is 0 Å². The number of rotatable bonds is 10. The van der Waals surface area contributed by atoms with Gasteiger partial charge in [-0.25, -0.2) is 4.31 Å². The van der Waals surface area contributed by atoms with Crippen molar-refractivity contribution < 1.29 is 9.47 Å². The highest BCUT2D eigenvalue weighted by Crippen LogP contribution is 2.28. The molecule has 0 radical (unpaired) electrons. The molecule has 0 atom stereocenters. The fourth-order valence-electron chi connectivity index (χ4n) is 2.42. The Balaban J connectivity index is 2.15. The van der Waals surface area contributed by atoms with Gasteiger partial charge in [-0.2, -0.15) is 0 Å². The maximum Gasteiger partial charge on any atom is 0.171 e. The molecule has 142 valence electrons. The molecule has 0 amide bonds. The van der Waals surface area contributed by atoms with E-state index in [2.05, 4.69) is 57.5 Å². The molecule has 0 aliphatic rings. The Labute approximate surface area is 174 Å². The van der Waals surface area contributed by atoms with Crippen LogP contribution in [-0.4, -0.2) is 30.4 Å². The van der Waals surface area contributed by atoms with E-state index in [4.69, 9.17) is 21.1 Å². The van der Waals surface area contributed by atoms with Gasteiger partial charge in [-0.3, -0.25) is 0 Å². The summed E-state index contributed by atoms with van der Waals surface area (Å²) in [6.07, 6.45) is -0.251. The molecular weight excluding hydrogens is 434 g/mol. The maximum absolute atomic E-state index is 6.12. The second-order valence-corrected chi connectivity index (χ2v) is 8.25. The zero-order valence-electron chi connectivity index (χ0n) is 15.4. The van der Waals surface area contributed by atoms with Gasteiger partial charge in [0.15, 0.2) is 6.29 Å². The number of aryl methyl sites for hydroxylation is 1. The van der Waals surface area contributed by atoms with E-state index in [0.29, 0.717) is 24.8 Å². The molecule has 2 aromatic rings. The van der Waals surface area contributed by atoms with Crippen LogP contribution in [0.5, 0.6) is 0 Å². The third-order valence-corrected chi connectivity index (χ3v) is 5.89. The number of hydrogen-bond acceptors (Lipinski definition) is 4. The maximum atomic E-state index is 6.12. The first-order valence-corrected chi connectivity index (χ1v) is 10.6. The molecular formula is C20H25BrClNO2S. The molecule has 0 saturated heterocycles. The highest BCUT2D eigenvalue weighted by atomic mass is 79.9. The van der Waals surface area contributed by atoms with Crippen LogP contribution in [0.1, 0.15) is 25.0 Å². The molecule has 0 spiro atoms. The van der Waals surface area contributed by atoms with E-state index in [0.717, 1.165) is 11.0 Å². The summed E-state index contributed by atoms with van der Waals surface area (Å²) < 4.78 is 14.7. The Morgan fingerprint density at radius 3 is 2.31 bits per heavy atom. The number of ether oxygens (including phenoxy) is 2. The van der Waals surface area contributed by atoms with Crippen LogP contribution in [0.3, 0.4) is 0 Å². The highest BCUT2D eigenvalue weighted by molar-refractivity contribution is 9.10. The summed E-state index contributed by atoms with van der Waals surface area (Å²) in [5.74, 6) is 0. The van der Waals surface area contributed by atoms with E-state index in [1.807, 2.05) is 26.0 Å². The smallest absolute Gasteiger partial charge is 0.171 e. The predicted octanol–water partition coefficient (Wildman–Crippen LogP) is 6.32. The molecule has 0 aliphatic heterocycles. The Morgan fingerprint density at radius 2 is 1.73 bits per heavy atom. The minimum atomic E-state index is -0.251. The van der Waals surface area contributed by atoms with Gasteiger partial charge in [-0.05, 0) is 78.5 Å². The van der Waals surface area contributed by atoms with E-state index >= 15 is 0 Å². The van der Waals surface area contributed by atoms with Crippen LogP contribution in [0.15, 0.2) is 51.8 Å². The Morgan fingerprint density at radius 1 is 1.08 bits per heavy atom. The van der Waals surface area contributed by atoms with E-state index in [1.54, 1.807) is 11.9 Å². The van der Waals surface area contributed by atoms with E-state index in [9.17, 15) is 0 Å². The SMILES string of the molecule is CCOC(CN(Cc1ccc(Cl)c(Br)c1)Sc1ccc(C)cc1)OCC. The molecule has 2 rings (SSSR count). The van der Waals surface area contributed by atoms with Crippen LogP contribution in [-0.2, 0) is 16.0 Å². The van der Waals surface area contributed by atoms with Crippen molar-refractivity contribution >= 4 is 39.5 Å². The van der Waals surface area contributed by atoms with Crippen LogP contribution >= 0.6 is 39.5 Å². The lowest BCUT2D eigenvalue weighted by Crippen LogP contribution is -2.31. The Bertz CT molecular complexity index is 678. The van der Waals surface area contributed by atoms with Gasteiger partial charge in [0.2, 0.25) is 0 Å². The van der Waals surface area contributed by atoms with Gasteiger partial charge in [0.1, 0.15) is 0 Å². The molecule has 0 N–H and O–H groups in total. The molecule has 3 nitrogen and oxygen atoms in total. The third-order valence-electron chi connectivity index (χ3n) is 3.66. The standard InChI is InChI=1S/C20H25BrClNO2S/c1-4-24-20(25-5-2)14-23(26-17-9-6-15(3)7-10-17)13-16-8-11-19(22)18(21)12-16/h6-12,20H,4-5,13-14H2,1-3H3. The van der Waals surface area contributed by atoms with Crippen molar-refractivity contribution in [3.63, 3.8) is 0 Å². The number of hydrogen-bond donors (Lipinski definition) is 0. The van der Waals surface area contributed by atoms with Crippen LogP contribution in [0.2, 0.25) is 5.02 Å². The van der Waals surface area contributed by atoms with E-state index < -0.39 is 0 Å². The van der Waals surface area contributed by atoms with Gasteiger partial charge in [-0.1, -0.05) is 35.4 Å². The van der Waals surface area contributed by atoms with E-state index in [-0.39, 0.29) is 6.29 Å². The van der Waals surface area contributed by atoms with Crippen molar-refractivity contribution in [2.45, 2.75) is 38.5 Å². The third kappa shape index (κ3) is 7.22. The molecule has 0 saturated carbocycles. The molecule has 0 aromatic heterocycles. The molecule has 0 unspecified atom stereocenters. The molecule has 0 fully saturated rings. The molecule has 0 heterocycles. The molecule has 26 heavy (non-hydrogen) atoms. The molecule has 2 aromatic carbocycles. The monoisotopic (exact) mass is 457 g/mol. The largest absolute Gasteiger partial charge is 0.352 e. The minimum Gasteiger partial charge on any atom is -0.352 e. The number of benzene rings is 2. The highest BCUT2D eigenvalue weighted by Gasteiger charge is 2.17. The van der Waals surface area contributed by atoms with Crippen molar-refractivity contribution in [2.75, 3.05) is 19.8 Å². The van der Waals surface area contributed by atoms with Crippen LogP contribution in [0.25, 0.3) is 0 Å². The van der Waals surface area contributed by atoms with Crippen molar-refractivity contribution in [3.8, 4) is 0 Å². The first kappa shape index (κ1) is 21.7. The summed E-state index contributed by atoms with van der Waals surface area (Å²) in [5.41, 5.74) is 2.43. The first-order valence-electron chi connectivity index (χ1n) is 8.68. The summed E-state index contributed by atoms with van der Waals surface area (Å²) in [5, 5.41) is 0.716. The minimum absolute atomic E-state index is 0.251. The quantitative estimate of drug-likeness (QED) is 0.307. The Hall–Kier alpha value is -0.560. The second-order valence-electron chi connectivity index (χ2n) is 5.82. The zero-order valence-corrected chi connectivity index (χ0v) is 18.5. The zero-order chi connectivity index (χ0) is 18.9. The van der Waals surface area contributed by atoms with Crippen molar-refractivity contribution in [1.82, 2.24) is 4.31 Å². The molecule has 0 bridgehead atoms. The van der Waals surface area contributed by atoms with Gasteiger partial charge >= 0.3 is 0 Å². The number of nitrogens with zero attached hydrogens (tertiary/aromatic N) is 1. The topological polar surface area (TPSA) is 21.7 Å². The summed E-state index contributed by atoms with van der Waals surface area (Å²) in [4.78, 5) is 1.19. The lowest BCUT2D eigenvalue weighted by molar-refractivity contribution is -0.140. The van der Waals surface area contributed by atoms with Gasteiger partial charge in [0, 0.05) is 29.1 Å². The van der Waals surface area contributed by atoms with Gasteiger partial charge in [0.05, 0.1) is 11.6 Å². The van der Waals surface area contributed by atoms with Gasteiger partial charge in [-0.15, -0.1) is 0 Å². The number of halogens is 2. The molecule has 6 heteroatoms. The Kier molecular flexibility index (Phi) is 9.46. The average Bonchev–Trinajstić information content (AvgIpc) is 2.60. The summed E-state index contributed by atoms with van der Waals surface area (Å²) in [6, 6.07) is 14.6. The van der Waals surface area contributed by atoms with Crippen LogP contribution < -0.4 is 0 Å². The van der Waals surface area contributed by atoms with Crippen molar-refractivity contribution in [1.29, 1.82) is 0 Å². The van der Waals surface area contributed by atoms with Crippen molar-refractivity contribution in [3.05, 3.63) is 63.1 Å². The van der Waals surface area contributed by atoms with Crippen molar-refractivity contribution in [2.24, 2.45) is 0 Å². The van der Waals surface area contributed by atoms with Gasteiger partial charge < -0.3 is 9.47 Å². The second kappa shape index (κ2) is 11.3. The average molecular weight is 459 g/mol. The summed E-state index contributed by atoms with van der Waals surface area (Å²) >= 11 is 11.3. The fourth-order valence-corrected chi connectivity index (χ4v) is 3.93. The normalized spacial score (nSPS) is 11.5. The predicted molar refractivity (Wildman–Crippen MR) is 114 cm³/mol. The van der Waals surface area contributed by atoms with Crippen LogP contribution in [0, 0.1) is 6.92 Å². The first-order chi connectivity index (χ1) is 12.5. The summed E-state index contributed by atoms with van der Waals surface area (Å²) in [6.45, 7) is 8.74. The fraction of sp³-hybridized carbons (Fsp3) is 0.400. The van der Waals surface area contributed by atoms with Crippen LogP contribution in [0.4, 0.5) is 0 Å². The lowest BCUT2D eigenvalue weighted by atomic mass is 10.2. The summed E-state index contributed by atoms with van der Waals surface area (Å²) in [7, 11) is 0. The lowest BCUT2D eigenvalue weighted by Gasteiger charge is -2.26. The molecule has 0 aliphatic carbocycles. The van der Waals surface area contributed by atoms with E-state index in [1.165, 1.54) is 16.0 Å².